The van der Waals surface area contributed by atoms with E-state index in [0.29, 0.717) is 22.2 Å². The lowest BCUT2D eigenvalue weighted by Gasteiger charge is -2.11. The lowest BCUT2D eigenvalue weighted by molar-refractivity contribution is 0.0827. The maximum atomic E-state index is 12.4. The summed E-state index contributed by atoms with van der Waals surface area (Å²) in [5.74, 6) is -0.821. The first kappa shape index (κ1) is 16.4. The maximum absolute atomic E-state index is 12.4. The standard InChI is InChI=1S/C19H16N2O4/c1-21(2)19(24)12-6-5-7-13(10-12)20-18(23)17-11-15(22)14-8-3-4-9-16(14)25-17/h3-11H,1-2H3,(H,20,23). The molecule has 25 heavy (non-hydrogen) atoms. The molecule has 0 fully saturated rings. The summed E-state index contributed by atoms with van der Waals surface area (Å²) >= 11 is 0. The van der Waals surface area contributed by atoms with Gasteiger partial charge in [0.05, 0.1) is 5.39 Å². The number of anilines is 1. The quantitative estimate of drug-likeness (QED) is 0.797. The molecule has 6 nitrogen and oxygen atoms in total. The smallest absolute Gasteiger partial charge is 0.291 e. The molecule has 3 rings (SSSR count). The fourth-order valence-electron chi connectivity index (χ4n) is 2.40. The molecule has 6 heteroatoms. The van der Waals surface area contributed by atoms with E-state index >= 15 is 0 Å². The third kappa shape index (κ3) is 3.42. The number of hydrogen-bond donors (Lipinski definition) is 1. The highest BCUT2D eigenvalue weighted by Crippen LogP contribution is 2.15. The minimum atomic E-state index is -0.558. The zero-order valence-electron chi connectivity index (χ0n) is 13.8. The largest absolute Gasteiger partial charge is 0.451 e. The molecular formula is C19H16N2O4. The van der Waals surface area contributed by atoms with Gasteiger partial charge in [-0.1, -0.05) is 18.2 Å². The summed E-state index contributed by atoms with van der Waals surface area (Å²) in [4.78, 5) is 37.9. The predicted molar refractivity (Wildman–Crippen MR) is 94.9 cm³/mol. The summed E-state index contributed by atoms with van der Waals surface area (Å²) in [6, 6.07) is 14.4. The first-order valence-corrected chi connectivity index (χ1v) is 7.61. The van der Waals surface area contributed by atoms with Gasteiger partial charge in [0.2, 0.25) is 0 Å². The fourth-order valence-corrected chi connectivity index (χ4v) is 2.40. The van der Waals surface area contributed by atoms with Gasteiger partial charge in [-0.15, -0.1) is 0 Å². The molecule has 0 spiro atoms. The minimum absolute atomic E-state index is 0.0898. The minimum Gasteiger partial charge on any atom is -0.451 e. The Morgan fingerprint density at radius 1 is 1.00 bits per heavy atom. The van der Waals surface area contributed by atoms with E-state index in [0.717, 1.165) is 6.07 Å². The molecule has 0 bridgehead atoms. The van der Waals surface area contributed by atoms with Gasteiger partial charge in [-0.3, -0.25) is 14.4 Å². The van der Waals surface area contributed by atoms with Crippen LogP contribution in [0, 0.1) is 0 Å². The van der Waals surface area contributed by atoms with Crippen LogP contribution in [0.15, 0.2) is 63.8 Å². The summed E-state index contributed by atoms with van der Waals surface area (Å²) in [5.41, 5.74) is 0.941. The number of amides is 2. The Morgan fingerprint density at radius 3 is 2.52 bits per heavy atom. The molecule has 0 radical (unpaired) electrons. The SMILES string of the molecule is CN(C)C(=O)c1cccc(NC(=O)c2cc(=O)c3ccccc3o2)c1. The Kier molecular flexibility index (Phi) is 4.35. The molecular weight excluding hydrogens is 320 g/mol. The molecule has 0 unspecified atom stereocenters. The van der Waals surface area contributed by atoms with Gasteiger partial charge in [0.25, 0.3) is 11.8 Å². The number of fused-ring (bicyclic) bond motifs is 1. The van der Waals surface area contributed by atoms with Gasteiger partial charge < -0.3 is 14.6 Å². The van der Waals surface area contributed by atoms with Gasteiger partial charge in [-0.2, -0.15) is 0 Å². The molecule has 0 aliphatic carbocycles. The first-order valence-electron chi connectivity index (χ1n) is 7.61. The second kappa shape index (κ2) is 6.60. The average Bonchev–Trinajstić information content (AvgIpc) is 2.61. The van der Waals surface area contributed by atoms with Crippen LogP contribution in [-0.4, -0.2) is 30.8 Å². The van der Waals surface area contributed by atoms with E-state index in [-0.39, 0.29) is 17.1 Å². The van der Waals surface area contributed by atoms with Crippen LogP contribution in [0.4, 0.5) is 5.69 Å². The van der Waals surface area contributed by atoms with Gasteiger partial charge in [-0.25, -0.2) is 0 Å². The highest BCUT2D eigenvalue weighted by molar-refractivity contribution is 6.04. The molecule has 1 N–H and O–H groups in total. The van der Waals surface area contributed by atoms with Crippen molar-refractivity contribution in [1.82, 2.24) is 4.90 Å². The van der Waals surface area contributed by atoms with Crippen molar-refractivity contribution in [2.75, 3.05) is 19.4 Å². The van der Waals surface area contributed by atoms with Crippen molar-refractivity contribution in [3.63, 3.8) is 0 Å². The molecule has 2 amide bonds. The lowest BCUT2D eigenvalue weighted by Crippen LogP contribution is -2.22. The van der Waals surface area contributed by atoms with Crippen molar-refractivity contribution in [3.05, 3.63) is 76.1 Å². The monoisotopic (exact) mass is 336 g/mol. The average molecular weight is 336 g/mol. The van der Waals surface area contributed by atoms with Crippen molar-refractivity contribution in [3.8, 4) is 0 Å². The molecule has 2 aromatic carbocycles. The van der Waals surface area contributed by atoms with Crippen LogP contribution in [0.3, 0.4) is 0 Å². The summed E-state index contributed by atoms with van der Waals surface area (Å²) in [6.45, 7) is 0. The second-order valence-corrected chi connectivity index (χ2v) is 5.71. The molecule has 1 aromatic heterocycles. The Balaban J connectivity index is 1.89. The Morgan fingerprint density at radius 2 is 1.76 bits per heavy atom. The predicted octanol–water partition coefficient (Wildman–Crippen LogP) is 2.75. The second-order valence-electron chi connectivity index (χ2n) is 5.71. The number of carbonyl (C=O) groups excluding carboxylic acids is 2. The Bertz CT molecular complexity index is 1020. The summed E-state index contributed by atoms with van der Waals surface area (Å²) < 4.78 is 5.51. The van der Waals surface area contributed by atoms with E-state index in [1.54, 1.807) is 62.6 Å². The molecule has 0 atom stereocenters. The molecule has 3 aromatic rings. The zero-order valence-corrected chi connectivity index (χ0v) is 13.8. The normalized spacial score (nSPS) is 10.5. The number of nitrogens with one attached hydrogen (secondary N) is 1. The van der Waals surface area contributed by atoms with Crippen LogP contribution in [0.2, 0.25) is 0 Å². The molecule has 1 heterocycles. The van der Waals surface area contributed by atoms with Gasteiger partial charge in [0, 0.05) is 31.4 Å². The fraction of sp³-hybridized carbons (Fsp3) is 0.105. The lowest BCUT2D eigenvalue weighted by atomic mass is 10.1. The van der Waals surface area contributed by atoms with Crippen molar-refractivity contribution in [2.45, 2.75) is 0 Å². The summed E-state index contributed by atoms with van der Waals surface area (Å²) in [7, 11) is 3.30. The third-order valence-electron chi connectivity index (χ3n) is 3.63. The Labute approximate surface area is 143 Å². The number of hydrogen-bond acceptors (Lipinski definition) is 4. The molecule has 0 saturated heterocycles. The molecule has 126 valence electrons. The molecule has 0 aliphatic rings. The first-order chi connectivity index (χ1) is 12.0. The van der Waals surface area contributed by atoms with Crippen molar-refractivity contribution < 1.29 is 14.0 Å². The van der Waals surface area contributed by atoms with Crippen molar-refractivity contribution >= 4 is 28.5 Å². The van der Waals surface area contributed by atoms with E-state index in [9.17, 15) is 14.4 Å². The van der Waals surface area contributed by atoms with Gasteiger partial charge in [0.1, 0.15) is 5.58 Å². The maximum Gasteiger partial charge on any atom is 0.291 e. The van der Waals surface area contributed by atoms with E-state index in [1.165, 1.54) is 4.90 Å². The van der Waals surface area contributed by atoms with Gasteiger partial charge >= 0.3 is 0 Å². The van der Waals surface area contributed by atoms with Gasteiger partial charge in [-0.05, 0) is 30.3 Å². The number of benzene rings is 2. The van der Waals surface area contributed by atoms with Crippen LogP contribution in [0.5, 0.6) is 0 Å². The highest BCUT2D eigenvalue weighted by atomic mass is 16.3. The number of nitrogens with zero attached hydrogens (tertiary/aromatic N) is 1. The summed E-state index contributed by atoms with van der Waals surface area (Å²) in [6.07, 6.45) is 0. The third-order valence-corrected chi connectivity index (χ3v) is 3.63. The van der Waals surface area contributed by atoms with Crippen LogP contribution in [0.25, 0.3) is 11.0 Å². The van der Waals surface area contributed by atoms with Crippen LogP contribution in [0.1, 0.15) is 20.9 Å². The van der Waals surface area contributed by atoms with Crippen molar-refractivity contribution in [2.24, 2.45) is 0 Å². The molecule has 0 aliphatic heterocycles. The zero-order chi connectivity index (χ0) is 18.0. The van der Waals surface area contributed by atoms with E-state index < -0.39 is 5.91 Å². The Hall–Kier alpha value is -3.41. The van der Waals surface area contributed by atoms with Crippen LogP contribution >= 0.6 is 0 Å². The van der Waals surface area contributed by atoms with Crippen LogP contribution < -0.4 is 10.7 Å². The van der Waals surface area contributed by atoms with E-state index in [2.05, 4.69) is 5.32 Å². The van der Waals surface area contributed by atoms with Gasteiger partial charge in [0.15, 0.2) is 11.2 Å². The number of para-hydroxylation sites is 1. The topological polar surface area (TPSA) is 79.6 Å². The van der Waals surface area contributed by atoms with E-state index in [1.807, 2.05) is 0 Å². The van der Waals surface area contributed by atoms with E-state index in [4.69, 9.17) is 4.42 Å². The number of rotatable bonds is 3. The van der Waals surface area contributed by atoms with Crippen molar-refractivity contribution in [1.29, 1.82) is 0 Å². The number of carbonyl (C=O) groups is 2. The molecule has 0 saturated carbocycles. The summed E-state index contributed by atoms with van der Waals surface area (Å²) in [5, 5.41) is 3.06. The highest BCUT2D eigenvalue weighted by Gasteiger charge is 2.14. The van der Waals surface area contributed by atoms with Crippen LogP contribution in [-0.2, 0) is 0 Å².